The Morgan fingerprint density at radius 1 is 1.18 bits per heavy atom. The topological polar surface area (TPSA) is 26.0 Å². The van der Waals surface area contributed by atoms with Crippen LogP contribution in [0.25, 0.3) is 0 Å². The first-order valence-electron chi connectivity index (χ1n) is 5.59. The molecular formula is C13H16F3N. The zero-order chi connectivity index (χ0) is 12.9. The molecule has 4 heteroatoms. The fourth-order valence-corrected chi connectivity index (χ4v) is 2.87. The Balaban J connectivity index is 2.30. The molecule has 0 aliphatic heterocycles. The standard InChI is InChI=1S/C13H16F3N/c1-11(2)7-12(17,8-11)9-4-3-5-10(6-9)13(14,15)16/h3-6H,7-8,17H2,1-2H3. The van der Waals surface area contributed by atoms with Crippen LogP contribution in [-0.4, -0.2) is 0 Å². The molecule has 0 aromatic heterocycles. The molecule has 0 radical (unpaired) electrons. The predicted octanol–water partition coefficient (Wildman–Crippen LogP) is 3.68. The molecular weight excluding hydrogens is 227 g/mol. The van der Waals surface area contributed by atoms with Gasteiger partial charge in [-0.15, -0.1) is 0 Å². The van der Waals surface area contributed by atoms with Crippen molar-refractivity contribution in [1.29, 1.82) is 0 Å². The zero-order valence-corrected chi connectivity index (χ0v) is 9.93. The highest BCUT2D eigenvalue weighted by atomic mass is 19.4. The summed E-state index contributed by atoms with van der Waals surface area (Å²) in [5.74, 6) is 0. The molecule has 0 unspecified atom stereocenters. The van der Waals surface area contributed by atoms with E-state index in [1.165, 1.54) is 12.1 Å². The van der Waals surface area contributed by atoms with Gasteiger partial charge in [0, 0.05) is 5.54 Å². The van der Waals surface area contributed by atoms with Crippen LogP contribution < -0.4 is 5.73 Å². The van der Waals surface area contributed by atoms with Gasteiger partial charge in [-0.3, -0.25) is 0 Å². The van der Waals surface area contributed by atoms with E-state index in [-0.39, 0.29) is 5.41 Å². The van der Waals surface area contributed by atoms with Gasteiger partial charge in [-0.1, -0.05) is 26.0 Å². The van der Waals surface area contributed by atoms with Crippen molar-refractivity contribution in [2.24, 2.45) is 11.1 Å². The van der Waals surface area contributed by atoms with E-state index in [2.05, 4.69) is 13.8 Å². The summed E-state index contributed by atoms with van der Waals surface area (Å²) in [5, 5.41) is 0. The highest BCUT2D eigenvalue weighted by molar-refractivity contribution is 5.33. The molecule has 1 saturated carbocycles. The average molecular weight is 243 g/mol. The maximum atomic E-state index is 12.6. The van der Waals surface area contributed by atoms with Gasteiger partial charge in [0.15, 0.2) is 0 Å². The number of hydrogen-bond acceptors (Lipinski definition) is 1. The van der Waals surface area contributed by atoms with Gasteiger partial charge in [-0.25, -0.2) is 0 Å². The van der Waals surface area contributed by atoms with Crippen LogP contribution in [0.2, 0.25) is 0 Å². The minimum Gasteiger partial charge on any atom is -0.321 e. The van der Waals surface area contributed by atoms with Gasteiger partial charge in [-0.2, -0.15) is 13.2 Å². The second-order valence-electron chi connectivity index (χ2n) is 5.75. The summed E-state index contributed by atoms with van der Waals surface area (Å²) in [6, 6.07) is 5.37. The lowest BCUT2D eigenvalue weighted by Gasteiger charge is -2.51. The lowest BCUT2D eigenvalue weighted by atomic mass is 9.57. The molecule has 0 amide bonds. The van der Waals surface area contributed by atoms with E-state index in [4.69, 9.17) is 5.73 Å². The molecule has 1 aliphatic carbocycles. The first-order chi connectivity index (χ1) is 7.62. The third kappa shape index (κ3) is 2.32. The van der Waals surface area contributed by atoms with E-state index in [0.29, 0.717) is 5.56 Å². The van der Waals surface area contributed by atoms with Crippen molar-refractivity contribution in [3.63, 3.8) is 0 Å². The van der Waals surface area contributed by atoms with Gasteiger partial charge in [0.25, 0.3) is 0 Å². The summed E-state index contributed by atoms with van der Waals surface area (Å²) in [5.41, 5.74) is 5.65. The largest absolute Gasteiger partial charge is 0.416 e. The fraction of sp³-hybridized carbons (Fsp3) is 0.538. The van der Waals surface area contributed by atoms with Crippen molar-refractivity contribution in [3.8, 4) is 0 Å². The second-order valence-corrected chi connectivity index (χ2v) is 5.75. The molecule has 0 heterocycles. The van der Waals surface area contributed by atoms with E-state index in [0.717, 1.165) is 18.9 Å². The van der Waals surface area contributed by atoms with E-state index < -0.39 is 17.3 Å². The molecule has 1 aromatic rings. The van der Waals surface area contributed by atoms with Crippen molar-refractivity contribution in [3.05, 3.63) is 35.4 Å². The van der Waals surface area contributed by atoms with E-state index in [1.807, 2.05) is 0 Å². The molecule has 17 heavy (non-hydrogen) atoms. The molecule has 1 nitrogen and oxygen atoms in total. The Labute approximate surface area is 98.8 Å². The summed E-state index contributed by atoms with van der Waals surface area (Å²) < 4.78 is 37.8. The lowest BCUT2D eigenvalue weighted by molar-refractivity contribution is -0.137. The first-order valence-corrected chi connectivity index (χ1v) is 5.59. The Morgan fingerprint density at radius 3 is 2.24 bits per heavy atom. The molecule has 1 fully saturated rings. The van der Waals surface area contributed by atoms with Crippen LogP contribution in [-0.2, 0) is 11.7 Å². The zero-order valence-electron chi connectivity index (χ0n) is 9.93. The first kappa shape index (κ1) is 12.4. The van der Waals surface area contributed by atoms with Crippen molar-refractivity contribution >= 4 is 0 Å². The number of nitrogens with two attached hydrogens (primary N) is 1. The minimum atomic E-state index is -4.30. The maximum Gasteiger partial charge on any atom is 0.416 e. The minimum absolute atomic E-state index is 0.128. The Morgan fingerprint density at radius 2 is 1.76 bits per heavy atom. The van der Waals surface area contributed by atoms with Crippen LogP contribution in [0.4, 0.5) is 13.2 Å². The van der Waals surface area contributed by atoms with Crippen LogP contribution >= 0.6 is 0 Å². The lowest BCUT2D eigenvalue weighted by Crippen LogP contribution is -2.53. The van der Waals surface area contributed by atoms with Crippen LogP contribution in [0.15, 0.2) is 24.3 Å². The second kappa shape index (κ2) is 3.48. The third-order valence-electron chi connectivity index (χ3n) is 3.35. The van der Waals surface area contributed by atoms with Gasteiger partial charge >= 0.3 is 6.18 Å². The molecule has 94 valence electrons. The van der Waals surface area contributed by atoms with Crippen LogP contribution in [0.5, 0.6) is 0 Å². The average Bonchev–Trinajstić information content (AvgIpc) is 2.13. The molecule has 0 saturated heterocycles. The SMILES string of the molecule is CC1(C)CC(N)(c2cccc(C(F)(F)F)c2)C1. The monoisotopic (exact) mass is 243 g/mol. The van der Waals surface area contributed by atoms with Crippen molar-refractivity contribution in [2.45, 2.75) is 38.4 Å². The van der Waals surface area contributed by atoms with Gasteiger partial charge in [0.05, 0.1) is 5.56 Å². The smallest absolute Gasteiger partial charge is 0.321 e. The number of halogens is 3. The fourth-order valence-electron chi connectivity index (χ4n) is 2.87. The predicted molar refractivity (Wildman–Crippen MR) is 60.3 cm³/mol. The highest BCUT2D eigenvalue weighted by Gasteiger charge is 2.47. The van der Waals surface area contributed by atoms with Crippen LogP contribution in [0.3, 0.4) is 0 Å². The third-order valence-corrected chi connectivity index (χ3v) is 3.35. The van der Waals surface area contributed by atoms with Crippen LogP contribution in [0, 0.1) is 5.41 Å². The summed E-state index contributed by atoms with van der Waals surface area (Å²) in [4.78, 5) is 0. The Hall–Kier alpha value is -1.03. The Bertz CT molecular complexity index is 427. The molecule has 2 rings (SSSR count). The van der Waals surface area contributed by atoms with Gasteiger partial charge in [-0.05, 0) is 36.0 Å². The highest BCUT2D eigenvalue weighted by Crippen LogP contribution is 2.52. The normalized spacial score (nSPS) is 22.0. The van der Waals surface area contributed by atoms with E-state index in [1.54, 1.807) is 6.07 Å². The van der Waals surface area contributed by atoms with E-state index >= 15 is 0 Å². The molecule has 0 atom stereocenters. The summed E-state index contributed by atoms with van der Waals surface area (Å²) in [6.07, 6.45) is -2.85. The quantitative estimate of drug-likeness (QED) is 0.800. The summed E-state index contributed by atoms with van der Waals surface area (Å²) in [6.45, 7) is 4.15. The van der Waals surface area contributed by atoms with Crippen LogP contribution in [0.1, 0.15) is 37.8 Å². The number of rotatable bonds is 1. The number of benzene rings is 1. The van der Waals surface area contributed by atoms with Gasteiger partial charge in [0.1, 0.15) is 0 Å². The van der Waals surface area contributed by atoms with Crippen molar-refractivity contribution in [1.82, 2.24) is 0 Å². The molecule has 0 bridgehead atoms. The number of hydrogen-bond donors (Lipinski definition) is 1. The summed E-state index contributed by atoms with van der Waals surface area (Å²) >= 11 is 0. The number of alkyl halides is 3. The molecule has 1 aromatic carbocycles. The van der Waals surface area contributed by atoms with Gasteiger partial charge in [0.2, 0.25) is 0 Å². The van der Waals surface area contributed by atoms with Gasteiger partial charge < -0.3 is 5.73 Å². The van der Waals surface area contributed by atoms with Crippen molar-refractivity contribution in [2.75, 3.05) is 0 Å². The Kier molecular flexibility index (Phi) is 2.54. The maximum absolute atomic E-state index is 12.6. The molecule has 2 N–H and O–H groups in total. The van der Waals surface area contributed by atoms with Crippen molar-refractivity contribution < 1.29 is 13.2 Å². The molecule has 0 spiro atoms. The summed E-state index contributed by atoms with van der Waals surface area (Å²) in [7, 11) is 0. The van der Waals surface area contributed by atoms with E-state index in [9.17, 15) is 13.2 Å². The molecule has 1 aliphatic rings.